The smallest absolute Gasteiger partial charge is 0.243 e. The van der Waals surface area contributed by atoms with Gasteiger partial charge in [-0.15, -0.1) is 0 Å². The molecular formula is C13H16BrN3O3. The van der Waals surface area contributed by atoms with E-state index in [9.17, 15) is 14.4 Å². The Morgan fingerprint density at radius 2 is 1.75 bits per heavy atom. The lowest BCUT2D eigenvalue weighted by Gasteiger charge is -2.08. The molecule has 20 heavy (non-hydrogen) atoms. The fourth-order valence-electron chi connectivity index (χ4n) is 1.37. The van der Waals surface area contributed by atoms with E-state index in [-0.39, 0.29) is 24.9 Å². The van der Waals surface area contributed by atoms with Crippen LogP contribution in [0.2, 0.25) is 0 Å². The van der Waals surface area contributed by atoms with Crippen LogP contribution in [0.1, 0.15) is 12.5 Å². The van der Waals surface area contributed by atoms with Gasteiger partial charge in [-0.1, -0.05) is 15.9 Å². The van der Waals surface area contributed by atoms with Gasteiger partial charge < -0.3 is 16.0 Å². The van der Waals surface area contributed by atoms with Crippen molar-refractivity contribution in [2.45, 2.75) is 13.8 Å². The Labute approximate surface area is 125 Å². The topological polar surface area (TPSA) is 87.3 Å². The van der Waals surface area contributed by atoms with E-state index in [1.165, 1.54) is 6.92 Å². The molecule has 0 atom stereocenters. The Morgan fingerprint density at radius 1 is 1.10 bits per heavy atom. The largest absolute Gasteiger partial charge is 0.347 e. The molecule has 0 saturated heterocycles. The summed E-state index contributed by atoms with van der Waals surface area (Å²) in [5, 5.41) is 7.42. The van der Waals surface area contributed by atoms with Crippen molar-refractivity contribution in [3.8, 4) is 0 Å². The summed E-state index contributed by atoms with van der Waals surface area (Å²) in [5.41, 5.74) is 1.66. The number of carbonyl (C=O) groups excluding carboxylic acids is 3. The lowest BCUT2D eigenvalue weighted by atomic mass is 10.2. The number of halogens is 1. The molecule has 0 radical (unpaired) electrons. The Kier molecular flexibility index (Phi) is 6.17. The van der Waals surface area contributed by atoms with Crippen LogP contribution in [-0.2, 0) is 14.4 Å². The highest BCUT2D eigenvalue weighted by molar-refractivity contribution is 9.10. The third-order valence-corrected chi connectivity index (χ3v) is 3.28. The van der Waals surface area contributed by atoms with Gasteiger partial charge in [-0.2, -0.15) is 0 Å². The van der Waals surface area contributed by atoms with Gasteiger partial charge in [0, 0.05) is 17.1 Å². The minimum Gasteiger partial charge on any atom is -0.347 e. The van der Waals surface area contributed by atoms with Crippen molar-refractivity contribution < 1.29 is 14.4 Å². The molecule has 108 valence electrons. The number of rotatable bonds is 5. The molecule has 7 heteroatoms. The van der Waals surface area contributed by atoms with Crippen molar-refractivity contribution in [1.82, 2.24) is 10.6 Å². The van der Waals surface area contributed by atoms with E-state index in [1.807, 2.05) is 19.1 Å². The maximum atomic E-state index is 11.6. The first-order valence-electron chi connectivity index (χ1n) is 5.95. The number of nitrogens with one attached hydrogen (secondary N) is 3. The predicted molar refractivity (Wildman–Crippen MR) is 79.2 cm³/mol. The summed E-state index contributed by atoms with van der Waals surface area (Å²) in [6.07, 6.45) is 0. The predicted octanol–water partition coefficient (Wildman–Crippen LogP) is 0.948. The van der Waals surface area contributed by atoms with Crippen LogP contribution >= 0.6 is 15.9 Å². The van der Waals surface area contributed by atoms with Gasteiger partial charge in [0.25, 0.3) is 0 Å². The summed E-state index contributed by atoms with van der Waals surface area (Å²) < 4.78 is 0.958. The molecule has 0 aliphatic carbocycles. The molecule has 0 unspecified atom stereocenters. The summed E-state index contributed by atoms with van der Waals surface area (Å²) in [6, 6.07) is 5.41. The Hall–Kier alpha value is -1.89. The van der Waals surface area contributed by atoms with Crippen LogP contribution in [0, 0.1) is 6.92 Å². The van der Waals surface area contributed by atoms with Gasteiger partial charge in [0.05, 0.1) is 13.1 Å². The number of aryl methyl sites for hydroxylation is 1. The highest BCUT2D eigenvalue weighted by atomic mass is 79.9. The molecule has 0 aromatic heterocycles. The first kappa shape index (κ1) is 16.2. The SMILES string of the molecule is CC(=O)NCC(=O)NCC(=O)Nc1ccc(Br)c(C)c1. The van der Waals surface area contributed by atoms with Crippen LogP contribution < -0.4 is 16.0 Å². The number of hydrogen-bond acceptors (Lipinski definition) is 3. The first-order valence-corrected chi connectivity index (χ1v) is 6.75. The zero-order valence-electron chi connectivity index (χ0n) is 11.2. The Morgan fingerprint density at radius 3 is 2.35 bits per heavy atom. The van der Waals surface area contributed by atoms with E-state index >= 15 is 0 Å². The van der Waals surface area contributed by atoms with Crippen molar-refractivity contribution in [3.63, 3.8) is 0 Å². The maximum Gasteiger partial charge on any atom is 0.243 e. The quantitative estimate of drug-likeness (QED) is 0.745. The molecule has 0 aliphatic rings. The van der Waals surface area contributed by atoms with Crippen molar-refractivity contribution in [2.75, 3.05) is 18.4 Å². The van der Waals surface area contributed by atoms with E-state index in [2.05, 4.69) is 31.9 Å². The van der Waals surface area contributed by atoms with Crippen molar-refractivity contribution >= 4 is 39.3 Å². The molecule has 3 amide bonds. The van der Waals surface area contributed by atoms with Crippen LogP contribution in [0.3, 0.4) is 0 Å². The van der Waals surface area contributed by atoms with Gasteiger partial charge in [-0.05, 0) is 30.7 Å². The molecule has 1 aromatic carbocycles. The van der Waals surface area contributed by atoms with E-state index in [4.69, 9.17) is 0 Å². The van der Waals surface area contributed by atoms with E-state index < -0.39 is 5.91 Å². The molecule has 0 heterocycles. The number of amides is 3. The maximum absolute atomic E-state index is 11.6. The highest BCUT2D eigenvalue weighted by Gasteiger charge is 2.07. The Balaban J connectivity index is 2.38. The van der Waals surface area contributed by atoms with Gasteiger partial charge in [-0.25, -0.2) is 0 Å². The number of hydrogen-bond donors (Lipinski definition) is 3. The summed E-state index contributed by atoms with van der Waals surface area (Å²) in [4.78, 5) is 33.5. The molecule has 1 rings (SSSR count). The zero-order valence-corrected chi connectivity index (χ0v) is 12.8. The Bertz CT molecular complexity index is 532. The third kappa shape index (κ3) is 5.83. The highest BCUT2D eigenvalue weighted by Crippen LogP contribution is 2.19. The van der Waals surface area contributed by atoms with Crippen molar-refractivity contribution in [1.29, 1.82) is 0 Å². The normalized spacial score (nSPS) is 9.75. The molecule has 0 spiro atoms. The third-order valence-electron chi connectivity index (χ3n) is 2.39. The van der Waals surface area contributed by atoms with E-state index in [1.54, 1.807) is 6.07 Å². The average Bonchev–Trinajstić information content (AvgIpc) is 2.38. The lowest BCUT2D eigenvalue weighted by molar-refractivity contribution is -0.126. The van der Waals surface area contributed by atoms with Crippen LogP contribution in [0.5, 0.6) is 0 Å². The van der Waals surface area contributed by atoms with Gasteiger partial charge in [-0.3, -0.25) is 14.4 Å². The number of carbonyl (C=O) groups is 3. The standard InChI is InChI=1S/C13H16BrN3O3/c1-8-5-10(3-4-11(8)14)17-13(20)7-16-12(19)6-15-9(2)18/h3-5H,6-7H2,1-2H3,(H,15,18)(H,16,19)(H,17,20). The number of benzene rings is 1. The summed E-state index contributed by atoms with van der Waals surface area (Å²) in [7, 11) is 0. The molecule has 1 aromatic rings. The lowest BCUT2D eigenvalue weighted by Crippen LogP contribution is -2.39. The summed E-state index contributed by atoms with van der Waals surface area (Å²) >= 11 is 3.37. The van der Waals surface area contributed by atoms with Gasteiger partial charge in [0.1, 0.15) is 0 Å². The minimum atomic E-state index is -0.415. The van der Waals surface area contributed by atoms with E-state index in [0.29, 0.717) is 5.69 Å². The molecular weight excluding hydrogens is 326 g/mol. The summed E-state index contributed by atoms with van der Waals surface area (Å²) in [5.74, 6) is -1.04. The first-order chi connectivity index (χ1) is 9.38. The van der Waals surface area contributed by atoms with Crippen molar-refractivity contribution in [2.24, 2.45) is 0 Å². The minimum absolute atomic E-state index is 0.139. The van der Waals surface area contributed by atoms with Crippen LogP contribution in [-0.4, -0.2) is 30.8 Å². The zero-order chi connectivity index (χ0) is 15.1. The second kappa shape index (κ2) is 7.64. The molecule has 3 N–H and O–H groups in total. The number of anilines is 1. The fourth-order valence-corrected chi connectivity index (χ4v) is 1.62. The molecule has 0 aliphatic heterocycles. The second-order valence-corrected chi connectivity index (χ2v) is 5.05. The van der Waals surface area contributed by atoms with Crippen LogP contribution in [0.25, 0.3) is 0 Å². The summed E-state index contributed by atoms with van der Waals surface area (Å²) in [6.45, 7) is 2.94. The van der Waals surface area contributed by atoms with E-state index in [0.717, 1.165) is 10.0 Å². The fraction of sp³-hybridized carbons (Fsp3) is 0.308. The van der Waals surface area contributed by atoms with Crippen LogP contribution in [0.4, 0.5) is 5.69 Å². The molecule has 0 bridgehead atoms. The molecule has 0 fully saturated rings. The second-order valence-electron chi connectivity index (χ2n) is 4.20. The van der Waals surface area contributed by atoms with Gasteiger partial charge >= 0.3 is 0 Å². The van der Waals surface area contributed by atoms with Crippen molar-refractivity contribution in [3.05, 3.63) is 28.2 Å². The van der Waals surface area contributed by atoms with Crippen LogP contribution in [0.15, 0.2) is 22.7 Å². The van der Waals surface area contributed by atoms with Gasteiger partial charge in [0.15, 0.2) is 0 Å². The van der Waals surface area contributed by atoms with Gasteiger partial charge in [0.2, 0.25) is 17.7 Å². The molecule has 0 saturated carbocycles. The molecule has 6 nitrogen and oxygen atoms in total. The average molecular weight is 342 g/mol. The monoisotopic (exact) mass is 341 g/mol.